The first-order chi connectivity index (χ1) is 16.8. The molecule has 0 aliphatic rings. The van der Waals surface area contributed by atoms with Crippen LogP contribution in [0.4, 0.5) is 0 Å². The average molecular weight is 497 g/mol. The largest absolute Gasteiger partial charge is 0.466 e. The summed E-state index contributed by atoms with van der Waals surface area (Å²) in [7, 11) is 0. The van der Waals surface area contributed by atoms with E-state index in [0.29, 0.717) is 32.0 Å². The highest BCUT2D eigenvalue weighted by Gasteiger charge is 2.13. The van der Waals surface area contributed by atoms with Gasteiger partial charge in [0.15, 0.2) is 0 Å². The van der Waals surface area contributed by atoms with Crippen LogP contribution in [-0.2, 0) is 19.1 Å². The van der Waals surface area contributed by atoms with Crippen molar-refractivity contribution in [3.05, 3.63) is 0 Å². The van der Waals surface area contributed by atoms with E-state index in [1.54, 1.807) is 0 Å². The van der Waals surface area contributed by atoms with Crippen molar-refractivity contribution in [2.24, 2.45) is 17.8 Å². The maximum absolute atomic E-state index is 12.1. The fourth-order valence-corrected chi connectivity index (χ4v) is 4.44. The summed E-state index contributed by atoms with van der Waals surface area (Å²) >= 11 is 0. The Morgan fingerprint density at radius 3 is 1.46 bits per heavy atom. The maximum atomic E-state index is 12.1. The number of unbranched alkanes of at least 4 members (excludes halogenated alkanes) is 10. The minimum atomic E-state index is -0.0187. The monoisotopic (exact) mass is 496 g/mol. The number of hydrogen-bond donors (Lipinski definition) is 0. The Labute approximate surface area is 218 Å². The first-order valence-corrected chi connectivity index (χ1v) is 15.2. The minimum Gasteiger partial charge on any atom is -0.466 e. The lowest BCUT2D eigenvalue weighted by atomic mass is 9.95. The summed E-state index contributed by atoms with van der Waals surface area (Å²) in [6.45, 7) is 12.3. The highest BCUT2D eigenvalue weighted by atomic mass is 16.5. The van der Waals surface area contributed by atoms with E-state index in [1.165, 1.54) is 57.8 Å². The van der Waals surface area contributed by atoms with E-state index in [0.717, 1.165) is 63.2 Å². The molecule has 1 atom stereocenters. The molecule has 4 heteroatoms. The number of esters is 2. The van der Waals surface area contributed by atoms with Crippen molar-refractivity contribution in [3.63, 3.8) is 0 Å². The molecule has 35 heavy (non-hydrogen) atoms. The van der Waals surface area contributed by atoms with Crippen LogP contribution in [-0.4, -0.2) is 25.2 Å². The van der Waals surface area contributed by atoms with Gasteiger partial charge < -0.3 is 9.47 Å². The molecular formula is C31H60O4. The van der Waals surface area contributed by atoms with Gasteiger partial charge in [0.05, 0.1) is 13.2 Å². The molecule has 1 unspecified atom stereocenters. The van der Waals surface area contributed by atoms with Crippen molar-refractivity contribution in [2.75, 3.05) is 13.2 Å². The van der Waals surface area contributed by atoms with E-state index in [9.17, 15) is 9.59 Å². The van der Waals surface area contributed by atoms with Crippen LogP contribution >= 0.6 is 0 Å². The fourth-order valence-electron chi connectivity index (χ4n) is 4.44. The van der Waals surface area contributed by atoms with Crippen LogP contribution < -0.4 is 0 Å². The second-order valence-electron chi connectivity index (χ2n) is 11.4. The molecule has 0 spiro atoms. The van der Waals surface area contributed by atoms with E-state index in [4.69, 9.17) is 9.47 Å². The molecule has 4 nitrogen and oxygen atoms in total. The van der Waals surface area contributed by atoms with Crippen molar-refractivity contribution in [2.45, 2.75) is 157 Å². The number of carbonyl (C=O) groups excluding carboxylic acids is 2. The molecule has 0 bridgehead atoms. The second-order valence-corrected chi connectivity index (χ2v) is 11.4. The number of hydrogen-bond acceptors (Lipinski definition) is 4. The molecule has 0 aromatic carbocycles. The van der Waals surface area contributed by atoms with E-state index >= 15 is 0 Å². The van der Waals surface area contributed by atoms with E-state index in [-0.39, 0.29) is 11.9 Å². The highest BCUT2D eigenvalue weighted by molar-refractivity contribution is 5.69. The van der Waals surface area contributed by atoms with Gasteiger partial charge in [-0.25, -0.2) is 0 Å². The summed E-state index contributed by atoms with van der Waals surface area (Å²) in [5.41, 5.74) is 0. The molecule has 0 aromatic heterocycles. The van der Waals surface area contributed by atoms with Crippen molar-refractivity contribution >= 4 is 11.9 Å². The Morgan fingerprint density at radius 2 is 0.971 bits per heavy atom. The lowest BCUT2D eigenvalue weighted by molar-refractivity contribution is -0.145. The molecule has 0 aromatic rings. The zero-order valence-electron chi connectivity index (χ0n) is 24.2. The van der Waals surface area contributed by atoms with E-state index in [2.05, 4.69) is 34.6 Å². The summed E-state index contributed by atoms with van der Waals surface area (Å²) in [5, 5.41) is 0. The maximum Gasteiger partial charge on any atom is 0.306 e. The van der Waals surface area contributed by atoms with E-state index < -0.39 is 0 Å². The van der Waals surface area contributed by atoms with Crippen molar-refractivity contribution in [1.29, 1.82) is 0 Å². The second kappa shape index (κ2) is 24.6. The van der Waals surface area contributed by atoms with Gasteiger partial charge in [0, 0.05) is 12.8 Å². The molecule has 0 N–H and O–H groups in total. The third-order valence-corrected chi connectivity index (χ3v) is 6.90. The Balaban J connectivity index is 3.47. The molecule has 0 saturated carbocycles. The quantitative estimate of drug-likeness (QED) is 0.0932. The Bertz CT molecular complexity index is 486. The average Bonchev–Trinajstić information content (AvgIpc) is 2.80. The zero-order chi connectivity index (χ0) is 26.2. The Morgan fingerprint density at radius 1 is 0.543 bits per heavy atom. The Kier molecular flexibility index (Phi) is 23.9. The molecule has 0 radical (unpaired) electrons. The molecule has 0 fully saturated rings. The van der Waals surface area contributed by atoms with Crippen LogP contribution in [0.1, 0.15) is 157 Å². The number of rotatable bonds is 25. The molecule has 0 saturated heterocycles. The van der Waals surface area contributed by atoms with Crippen LogP contribution in [0.3, 0.4) is 0 Å². The normalized spacial score (nSPS) is 12.3. The van der Waals surface area contributed by atoms with Gasteiger partial charge in [-0.1, -0.05) is 105 Å². The molecule has 0 rings (SSSR count). The van der Waals surface area contributed by atoms with Gasteiger partial charge in [-0.2, -0.15) is 0 Å². The molecular weight excluding hydrogens is 436 g/mol. The summed E-state index contributed by atoms with van der Waals surface area (Å²) in [4.78, 5) is 23.8. The van der Waals surface area contributed by atoms with Gasteiger partial charge in [0.2, 0.25) is 0 Å². The third kappa shape index (κ3) is 25.8. The summed E-state index contributed by atoms with van der Waals surface area (Å²) in [6.07, 6.45) is 21.0. The lowest BCUT2D eigenvalue weighted by Crippen LogP contribution is -2.12. The van der Waals surface area contributed by atoms with Crippen LogP contribution in [0.5, 0.6) is 0 Å². The van der Waals surface area contributed by atoms with E-state index in [1.807, 2.05) is 0 Å². The molecule has 0 amide bonds. The number of ether oxygens (including phenoxy) is 2. The Hall–Kier alpha value is -1.06. The smallest absolute Gasteiger partial charge is 0.306 e. The van der Waals surface area contributed by atoms with Crippen molar-refractivity contribution < 1.29 is 19.1 Å². The van der Waals surface area contributed by atoms with Gasteiger partial charge in [0.1, 0.15) is 0 Å². The fraction of sp³-hybridized carbons (Fsp3) is 0.935. The predicted octanol–water partition coefficient (Wildman–Crippen LogP) is 9.43. The lowest BCUT2D eigenvalue weighted by Gasteiger charge is -2.14. The van der Waals surface area contributed by atoms with Crippen LogP contribution in [0.2, 0.25) is 0 Å². The molecule has 0 heterocycles. The standard InChI is InChI=1S/C31H60O4/c1-6-29(26-31(33)35-25-19-17-21-28(4)5)22-14-12-10-8-7-9-11-13-15-23-30(32)34-24-18-16-20-27(2)3/h27-29H,6-26H2,1-5H3. The highest BCUT2D eigenvalue weighted by Crippen LogP contribution is 2.19. The van der Waals surface area contributed by atoms with Gasteiger partial charge in [-0.3, -0.25) is 9.59 Å². The summed E-state index contributed by atoms with van der Waals surface area (Å²) < 4.78 is 10.8. The summed E-state index contributed by atoms with van der Waals surface area (Å²) in [6, 6.07) is 0. The summed E-state index contributed by atoms with van der Waals surface area (Å²) in [5.74, 6) is 1.91. The number of carbonyl (C=O) groups is 2. The van der Waals surface area contributed by atoms with Crippen molar-refractivity contribution in [1.82, 2.24) is 0 Å². The van der Waals surface area contributed by atoms with Crippen LogP contribution in [0, 0.1) is 17.8 Å². The first-order valence-electron chi connectivity index (χ1n) is 15.2. The van der Waals surface area contributed by atoms with Gasteiger partial charge in [-0.05, 0) is 56.3 Å². The zero-order valence-corrected chi connectivity index (χ0v) is 24.2. The van der Waals surface area contributed by atoms with Gasteiger partial charge in [0.25, 0.3) is 0 Å². The molecule has 0 aliphatic heterocycles. The SMILES string of the molecule is CCC(CCCCCCCCCCCC(=O)OCCCCC(C)C)CC(=O)OCCCCC(C)C. The first kappa shape index (κ1) is 33.9. The third-order valence-electron chi connectivity index (χ3n) is 6.90. The van der Waals surface area contributed by atoms with Crippen LogP contribution in [0.25, 0.3) is 0 Å². The van der Waals surface area contributed by atoms with Crippen LogP contribution in [0.15, 0.2) is 0 Å². The molecule has 0 aliphatic carbocycles. The molecule has 208 valence electrons. The van der Waals surface area contributed by atoms with Gasteiger partial charge in [-0.15, -0.1) is 0 Å². The van der Waals surface area contributed by atoms with Gasteiger partial charge >= 0.3 is 11.9 Å². The minimum absolute atomic E-state index is 0.00343. The van der Waals surface area contributed by atoms with Crippen molar-refractivity contribution in [3.8, 4) is 0 Å². The predicted molar refractivity (Wildman–Crippen MR) is 148 cm³/mol. The topological polar surface area (TPSA) is 52.6 Å².